The maximum absolute atomic E-state index is 13.2. The Kier molecular flexibility index (Phi) is 6.39. The van der Waals surface area contributed by atoms with Crippen molar-refractivity contribution in [1.82, 2.24) is 19.8 Å². The van der Waals surface area contributed by atoms with Crippen LogP contribution in [0.4, 0.5) is 0 Å². The fraction of sp³-hybridized carbons (Fsp3) is 0.577. The normalized spacial score (nSPS) is 22.5. The molecule has 1 saturated heterocycles. The molecule has 6 nitrogen and oxygen atoms in total. The number of hydrogen-bond donors (Lipinski definition) is 1. The Morgan fingerprint density at radius 3 is 2.59 bits per heavy atom. The summed E-state index contributed by atoms with van der Waals surface area (Å²) in [6.45, 7) is 2.44. The Labute approximate surface area is 190 Å². The Bertz CT molecular complexity index is 997. The van der Waals surface area contributed by atoms with Gasteiger partial charge in [0.25, 0.3) is 5.56 Å². The van der Waals surface area contributed by atoms with Gasteiger partial charge in [0.15, 0.2) is 0 Å². The molecule has 32 heavy (non-hydrogen) atoms. The molecule has 1 aliphatic carbocycles. The first-order valence-electron chi connectivity index (χ1n) is 12.4. The number of nitrogens with one attached hydrogen (secondary N) is 1. The van der Waals surface area contributed by atoms with E-state index in [9.17, 15) is 9.59 Å². The second-order valence-electron chi connectivity index (χ2n) is 9.65. The molecule has 0 bridgehead atoms. The van der Waals surface area contributed by atoms with Crippen LogP contribution < -0.4 is 5.56 Å². The first-order chi connectivity index (χ1) is 15.7. The van der Waals surface area contributed by atoms with Gasteiger partial charge in [0.2, 0.25) is 5.91 Å². The molecule has 3 heterocycles. The predicted molar refractivity (Wildman–Crippen MR) is 124 cm³/mol. The van der Waals surface area contributed by atoms with Crippen molar-refractivity contribution in [3.63, 3.8) is 0 Å². The van der Waals surface area contributed by atoms with Gasteiger partial charge in [0.05, 0.1) is 18.2 Å². The third kappa shape index (κ3) is 4.51. The zero-order valence-electron chi connectivity index (χ0n) is 18.9. The number of likely N-dealkylation sites (tertiary alicyclic amines) is 1. The Morgan fingerprint density at radius 2 is 1.78 bits per heavy atom. The molecule has 5 rings (SSSR count). The maximum atomic E-state index is 13.2. The summed E-state index contributed by atoms with van der Waals surface area (Å²) in [6.07, 6.45) is 10.6. The molecular weight excluding hydrogens is 400 g/mol. The molecule has 1 amide bonds. The summed E-state index contributed by atoms with van der Waals surface area (Å²) in [6, 6.07) is 10.4. The zero-order chi connectivity index (χ0) is 21.9. The van der Waals surface area contributed by atoms with Crippen molar-refractivity contribution < 1.29 is 4.79 Å². The number of carbonyl (C=O) groups excluding carboxylic acids is 1. The number of H-pyrrole nitrogens is 1. The summed E-state index contributed by atoms with van der Waals surface area (Å²) in [5, 5.41) is 0. The molecule has 0 unspecified atom stereocenters. The molecule has 1 aromatic heterocycles. The second-order valence-corrected chi connectivity index (χ2v) is 9.65. The lowest BCUT2D eigenvalue weighted by molar-refractivity contribution is -0.134. The van der Waals surface area contributed by atoms with Crippen molar-refractivity contribution in [2.75, 3.05) is 13.1 Å². The largest absolute Gasteiger partial charge is 0.332 e. The maximum Gasteiger partial charge on any atom is 0.254 e. The SMILES string of the molecule is O=C(Cc1ccccc1)N1CCCC[C@H]1c1nc2c(c(=O)[nH]1)CCN(C1CCCCC1)C2. The van der Waals surface area contributed by atoms with Crippen LogP contribution in [0.1, 0.15) is 80.1 Å². The predicted octanol–water partition coefficient (Wildman–Crippen LogP) is 3.76. The van der Waals surface area contributed by atoms with E-state index < -0.39 is 0 Å². The monoisotopic (exact) mass is 434 g/mol. The molecule has 3 aliphatic rings. The summed E-state index contributed by atoms with van der Waals surface area (Å²) in [4.78, 5) is 38.7. The highest BCUT2D eigenvalue weighted by molar-refractivity contribution is 5.79. The van der Waals surface area contributed by atoms with Gasteiger partial charge < -0.3 is 9.88 Å². The Morgan fingerprint density at radius 1 is 1.00 bits per heavy atom. The number of amides is 1. The van der Waals surface area contributed by atoms with Crippen molar-refractivity contribution in [1.29, 1.82) is 0 Å². The summed E-state index contributed by atoms with van der Waals surface area (Å²) >= 11 is 0. The van der Waals surface area contributed by atoms with Crippen LogP contribution in [0.15, 0.2) is 35.1 Å². The van der Waals surface area contributed by atoms with E-state index in [0.717, 1.165) is 62.1 Å². The smallest absolute Gasteiger partial charge is 0.254 e. The van der Waals surface area contributed by atoms with Gasteiger partial charge in [0, 0.05) is 31.2 Å². The van der Waals surface area contributed by atoms with Crippen molar-refractivity contribution in [3.05, 3.63) is 63.3 Å². The lowest BCUT2D eigenvalue weighted by Crippen LogP contribution is -2.44. The van der Waals surface area contributed by atoms with Crippen LogP contribution >= 0.6 is 0 Å². The highest BCUT2D eigenvalue weighted by Gasteiger charge is 2.32. The van der Waals surface area contributed by atoms with E-state index >= 15 is 0 Å². The minimum absolute atomic E-state index is 0.00525. The molecule has 2 fully saturated rings. The van der Waals surface area contributed by atoms with E-state index in [-0.39, 0.29) is 17.5 Å². The van der Waals surface area contributed by atoms with E-state index in [4.69, 9.17) is 4.98 Å². The van der Waals surface area contributed by atoms with Crippen LogP contribution in [-0.2, 0) is 24.2 Å². The van der Waals surface area contributed by atoms with Crippen LogP contribution in [0, 0.1) is 0 Å². The fourth-order valence-corrected chi connectivity index (χ4v) is 5.78. The summed E-state index contributed by atoms with van der Waals surface area (Å²) in [5.74, 6) is 0.797. The first kappa shape index (κ1) is 21.4. The third-order valence-corrected chi connectivity index (χ3v) is 7.55. The number of rotatable bonds is 4. The molecule has 170 valence electrons. The standard InChI is InChI=1S/C26H34N4O2/c31-24(17-19-9-3-1-4-10-19)30-15-8-7-13-23(30)25-27-22-18-29(20-11-5-2-6-12-20)16-14-21(22)26(32)28-25/h1,3-4,9-10,20,23H,2,5-8,11-18H2,(H,27,28,32)/t23-/m0/s1. The van der Waals surface area contributed by atoms with E-state index in [1.807, 2.05) is 35.2 Å². The average Bonchev–Trinajstić information content (AvgIpc) is 2.85. The van der Waals surface area contributed by atoms with E-state index in [1.165, 1.54) is 32.1 Å². The molecule has 2 aliphatic heterocycles. The summed E-state index contributed by atoms with van der Waals surface area (Å²) in [7, 11) is 0. The highest BCUT2D eigenvalue weighted by Crippen LogP contribution is 2.31. The van der Waals surface area contributed by atoms with Gasteiger partial charge >= 0.3 is 0 Å². The number of benzene rings is 1. The molecule has 0 spiro atoms. The number of aromatic nitrogens is 2. The quantitative estimate of drug-likeness (QED) is 0.796. The molecule has 1 aromatic carbocycles. The number of piperidine rings is 1. The number of aromatic amines is 1. The van der Waals surface area contributed by atoms with Crippen molar-refractivity contribution in [2.45, 2.75) is 82.8 Å². The molecule has 6 heteroatoms. The fourth-order valence-electron chi connectivity index (χ4n) is 5.78. The number of hydrogen-bond acceptors (Lipinski definition) is 4. The van der Waals surface area contributed by atoms with Gasteiger partial charge in [-0.05, 0) is 44.1 Å². The van der Waals surface area contributed by atoms with Gasteiger partial charge in [-0.3, -0.25) is 14.5 Å². The van der Waals surface area contributed by atoms with Crippen molar-refractivity contribution >= 4 is 5.91 Å². The van der Waals surface area contributed by atoms with E-state index in [1.54, 1.807) is 0 Å². The summed E-state index contributed by atoms with van der Waals surface area (Å²) in [5.41, 5.74) is 2.80. The minimum Gasteiger partial charge on any atom is -0.332 e. The van der Waals surface area contributed by atoms with Gasteiger partial charge in [-0.15, -0.1) is 0 Å². The van der Waals surface area contributed by atoms with Crippen LogP contribution in [-0.4, -0.2) is 44.8 Å². The van der Waals surface area contributed by atoms with Crippen LogP contribution in [0.25, 0.3) is 0 Å². The Balaban J connectivity index is 1.37. The van der Waals surface area contributed by atoms with E-state index in [0.29, 0.717) is 18.3 Å². The summed E-state index contributed by atoms with van der Waals surface area (Å²) < 4.78 is 0. The van der Waals surface area contributed by atoms with Gasteiger partial charge in [-0.1, -0.05) is 49.6 Å². The van der Waals surface area contributed by atoms with E-state index in [2.05, 4.69) is 9.88 Å². The number of fused-ring (bicyclic) bond motifs is 1. The first-order valence-corrected chi connectivity index (χ1v) is 12.4. The minimum atomic E-state index is -0.136. The van der Waals surface area contributed by atoms with Gasteiger partial charge in [-0.2, -0.15) is 0 Å². The average molecular weight is 435 g/mol. The van der Waals surface area contributed by atoms with Crippen molar-refractivity contribution in [2.24, 2.45) is 0 Å². The molecule has 1 saturated carbocycles. The lowest BCUT2D eigenvalue weighted by Gasteiger charge is -2.38. The zero-order valence-corrected chi connectivity index (χ0v) is 18.9. The van der Waals surface area contributed by atoms with Crippen LogP contribution in [0.3, 0.4) is 0 Å². The number of carbonyl (C=O) groups is 1. The van der Waals surface area contributed by atoms with Gasteiger partial charge in [0.1, 0.15) is 5.82 Å². The molecule has 1 N–H and O–H groups in total. The topological polar surface area (TPSA) is 69.3 Å². The molecular formula is C26H34N4O2. The van der Waals surface area contributed by atoms with Crippen LogP contribution in [0.5, 0.6) is 0 Å². The third-order valence-electron chi connectivity index (χ3n) is 7.55. The number of nitrogens with zero attached hydrogens (tertiary/aromatic N) is 3. The van der Waals surface area contributed by atoms with Crippen LogP contribution in [0.2, 0.25) is 0 Å². The van der Waals surface area contributed by atoms with Crippen molar-refractivity contribution in [3.8, 4) is 0 Å². The highest BCUT2D eigenvalue weighted by atomic mass is 16.2. The molecule has 0 radical (unpaired) electrons. The second kappa shape index (κ2) is 9.57. The Hall–Kier alpha value is -2.47. The molecule has 2 aromatic rings. The van der Waals surface area contributed by atoms with Gasteiger partial charge in [-0.25, -0.2) is 4.98 Å². The molecule has 1 atom stereocenters. The lowest BCUT2D eigenvalue weighted by atomic mass is 9.92.